The van der Waals surface area contributed by atoms with Crippen LogP contribution in [0.25, 0.3) is 0 Å². The Balaban J connectivity index is 3.39. The van der Waals surface area contributed by atoms with Gasteiger partial charge in [0.1, 0.15) is 0 Å². The number of alkyl halides is 3. The SMILES string of the molecule is O=[N+]([O-])c1c(F)cc(C(F)(F)F)cc1Br. The van der Waals surface area contributed by atoms with Gasteiger partial charge in [0.05, 0.1) is 15.0 Å². The van der Waals surface area contributed by atoms with Gasteiger partial charge in [-0.05, 0) is 28.1 Å². The zero-order chi connectivity index (χ0) is 11.8. The molecule has 0 radical (unpaired) electrons. The number of nitro benzene ring substituents is 1. The molecule has 0 heterocycles. The Morgan fingerprint density at radius 1 is 1.33 bits per heavy atom. The van der Waals surface area contributed by atoms with E-state index in [-0.39, 0.29) is 6.07 Å². The first kappa shape index (κ1) is 11.9. The summed E-state index contributed by atoms with van der Waals surface area (Å²) in [5.41, 5.74) is -2.29. The molecule has 3 nitrogen and oxygen atoms in total. The predicted octanol–water partition coefficient (Wildman–Crippen LogP) is 3.52. The summed E-state index contributed by atoms with van der Waals surface area (Å²) in [7, 11) is 0. The Morgan fingerprint density at radius 2 is 1.87 bits per heavy atom. The standard InChI is InChI=1S/C7H2BrF4NO2/c8-4-1-3(7(10,11)12)2-5(9)6(4)13(14)15/h1-2H. The first-order valence-corrected chi connectivity index (χ1v) is 4.23. The average molecular weight is 288 g/mol. The van der Waals surface area contributed by atoms with Gasteiger partial charge in [0, 0.05) is 0 Å². The molecule has 0 saturated carbocycles. The number of halogens is 5. The van der Waals surface area contributed by atoms with E-state index in [1.165, 1.54) is 0 Å². The minimum atomic E-state index is -4.74. The Hall–Kier alpha value is -1.18. The van der Waals surface area contributed by atoms with Gasteiger partial charge in [-0.2, -0.15) is 17.6 Å². The van der Waals surface area contributed by atoms with Gasteiger partial charge in [-0.3, -0.25) is 10.1 Å². The number of nitro groups is 1. The maximum Gasteiger partial charge on any atom is 0.416 e. The fourth-order valence-electron chi connectivity index (χ4n) is 0.904. The van der Waals surface area contributed by atoms with E-state index in [4.69, 9.17) is 0 Å². The molecule has 0 aliphatic carbocycles. The molecule has 1 rings (SSSR count). The molecule has 0 amide bonds. The number of rotatable bonds is 1. The fourth-order valence-corrected chi connectivity index (χ4v) is 1.48. The monoisotopic (exact) mass is 287 g/mol. The lowest BCUT2D eigenvalue weighted by molar-refractivity contribution is -0.388. The molecule has 0 aromatic heterocycles. The minimum Gasteiger partial charge on any atom is -0.258 e. The summed E-state index contributed by atoms with van der Waals surface area (Å²) in [6.07, 6.45) is -4.74. The molecular weight excluding hydrogens is 286 g/mol. The van der Waals surface area contributed by atoms with E-state index in [1.807, 2.05) is 0 Å². The van der Waals surface area contributed by atoms with E-state index in [1.54, 1.807) is 0 Å². The van der Waals surface area contributed by atoms with E-state index in [9.17, 15) is 27.7 Å². The molecule has 8 heteroatoms. The van der Waals surface area contributed by atoms with Crippen molar-refractivity contribution in [3.63, 3.8) is 0 Å². The van der Waals surface area contributed by atoms with Crippen LogP contribution in [0.1, 0.15) is 5.56 Å². The lowest BCUT2D eigenvalue weighted by Gasteiger charge is -2.07. The quantitative estimate of drug-likeness (QED) is 0.451. The van der Waals surface area contributed by atoms with Crippen molar-refractivity contribution in [2.24, 2.45) is 0 Å². The summed E-state index contributed by atoms with van der Waals surface area (Å²) in [6.45, 7) is 0. The molecule has 1 aromatic rings. The summed E-state index contributed by atoms with van der Waals surface area (Å²) < 4.78 is 48.7. The molecule has 0 atom stereocenters. The van der Waals surface area contributed by atoms with Crippen molar-refractivity contribution in [1.29, 1.82) is 0 Å². The highest BCUT2D eigenvalue weighted by molar-refractivity contribution is 9.10. The highest BCUT2D eigenvalue weighted by Gasteiger charge is 2.34. The number of nitrogens with zero attached hydrogens (tertiary/aromatic N) is 1. The van der Waals surface area contributed by atoms with E-state index in [2.05, 4.69) is 15.9 Å². The third-order valence-corrected chi connectivity index (χ3v) is 2.13. The number of benzene rings is 1. The second kappa shape index (κ2) is 3.76. The lowest BCUT2D eigenvalue weighted by atomic mass is 10.2. The van der Waals surface area contributed by atoms with Gasteiger partial charge in [0.25, 0.3) is 0 Å². The molecule has 0 unspecified atom stereocenters. The fraction of sp³-hybridized carbons (Fsp3) is 0.143. The second-order valence-corrected chi connectivity index (χ2v) is 3.40. The van der Waals surface area contributed by atoms with Crippen LogP contribution >= 0.6 is 15.9 Å². The van der Waals surface area contributed by atoms with Crippen LogP contribution in [-0.4, -0.2) is 4.92 Å². The zero-order valence-electron chi connectivity index (χ0n) is 6.81. The predicted molar refractivity (Wildman–Crippen MR) is 45.8 cm³/mol. The Morgan fingerprint density at radius 3 is 2.20 bits per heavy atom. The molecule has 0 spiro atoms. The maximum atomic E-state index is 12.9. The molecule has 0 saturated heterocycles. The van der Waals surface area contributed by atoms with E-state index in [0.717, 1.165) is 0 Å². The van der Waals surface area contributed by atoms with Crippen molar-refractivity contribution in [3.8, 4) is 0 Å². The van der Waals surface area contributed by atoms with Crippen molar-refractivity contribution < 1.29 is 22.5 Å². The smallest absolute Gasteiger partial charge is 0.258 e. The van der Waals surface area contributed by atoms with Crippen molar-refractivity contribution in [2.75, 3.05) is 0 Å². The number of hydrogen-bond acceptors (Lipinski definition) is 2. The van der Waals surface area contributed by atoms with Gasteiger partial charge >= 0.3 is 11.9 Å². The van der Waals surface area contributed by atoms with Crippen molar-refractivity contribution in [1.82, 2.24) is 0 Å². The summed E-state index contributed by atoms with van der Waals surface area (Å²) >= 11 is 2.51. The highest BCUT2D eigenvalue weighted by Crippen LogP contribution is 2.36. The molecule has 1 aromatic carbocycles. The van der Waals surface area contributed by atoms with Gasteiger partial charge < -0.3 is 0 Å². The van der Waals surface area contributed by atoms with Crippen LogP contribution in [0.3, 0.4) is 0 Å². The van der Waals surface area contributed by atoms with Gasteiger partial charge in [-0.15, -0.1) is 0 Å². The summed E-state index contributed by atoms with van der Waals surface area (Å²) in [5.74, 6) is -1.53. The topological polar surface area (TPSA) is 43.1 Å². The third-order valence-electron chi connectivity index (χ3n) is 1.53. The molecule has 0 N–H and O–H groups in total. The molecule has 82 valence electrons. The van der Waals surface area contributed by atoms with Crippen molar-refractivity contribution in [3.05, 3.63) is 38.1 Å². The van der Waals surface area contributed by atoms with Crippen LogP contribution in [0.4, 0.5) is 23.2 Å². The Kier molecular flexibility index (Phi) is 2.98. The summed E-state index contributed by atoms with van der Waals surface area (Å²) in [4.78, 5) is 9.16. The zero-order valence-corrected chi connectivity index (χ0v) is 8.39. The summed E-state index contributed by atoms with van der Waals surface area (Å²) in [5, 5.41) is 10.3. The third kappa shape index (κ3) is 2.44. The van der Waals surface area contributed by atoms with Crippen LogP contribution < -0.4 is 0 Å². The van der Waals surface area contributed by atoms with E-state index in [0.29, 0.717) is 6.07 Å². The van der Waals surface area contributed by atoms with Crippen molar-refractivity contribution >= 4 is 21.6 Å². The van der Waals surface area contributed by atoms with E-state index >= 15 is 0 Å². The number of hydrogen-bond donors (Lipinski definition) is 0. The first-order valence-electron chi connectivity index (χ1n) is 3.44. The normalized spacial score (nSPS) is 11.5. The molecule has 0 aliphatic heterocycles. The van der Waals surface area contributed by atoms with Gasteiger partial charge in [-0.1, -0.05) is 0 Å². The van der Waals surface area contributed by atoms with Gasteiger partial charge in [-0.25, -0.2) is 0 Å². The van der Waals surface area contributed by atoms with E-state index < -0.39 is 32.6 Å². The molecular formula is C7H2BrF4NO2. The highest BCUT2D eigenvalue weighted by atomic mass is 79.9. The van der Waals surface area contributed by atoms with Crippen LogP contribution in [0.2, 0.25) is 0 Å². The largest absolute Gasteiger partial charge is 0.416 e. The van der Waals surface area contributed by atoms with Crippen molar-refractivity contribution in [2.45, 2.75) is 6.18 Å². The molecule has 15 heavy (non-hydrogen) atoms. The molecule has 0 fully saturated rings. The minimum absolute atomic E-state index is 0.0862. The average Bonchev–Trinajstić information content (AvgIpc) is 1.99. The molecule has 0 aliphatic rings. The maximum absolute atomic E-state index is 12.9. The lowest BCUT2D eigenvalue weighted by Crippen LogP contribution is -2.06. The van der Waals surface area contributed by atoms with Gasteiger partial charge in [0.15, 0.2) is 0 Å². The second-order valence-electron chi connectivity index (χ2n) is 2.54. The van der Waals surface area contributed by atoms with Gasteiger partial charge in [0.2, 0.25) is 5.82 Å². The molecule has 0 bridgehead atoms. The summed E-state index contributed by atoms with van der Waals surface area (Å²) in [6, 6.07) is 0.546. The van der Waals surface area contributed by atoms with Crippen LogP contribution in [0.15, 0.2) is 16.6 Å². The Bertz CT molecular complexity index is 395. The first-order chi connectivity index (χ1) is 6.73. The van der Waals surface area contributed by atoms with Crippen LogP contribution in [-0.2, 0) is 6.18 Å². The Labute approximate surface area is 89.0 Å². The van der Waals surface area contributed by atoms with Crippen LogP contribution in [0.5, 0.6) is 0 Å². The van der Waals surface area contributed by atoms with Crippen LogP contribution in [0, 0.1) is 15.9 Å².